The summed E-state index contributed by atoms with van der Waals surface area (Å²) in [7, 11) is 1.54. The Morgan fingerprint density at radius 3 is 2.46 bits per heavy atom. The molecule has 1 aromatic carbocycles. The summed E-state index contributed by atoms with van der Waals surface area (Å²) >= 11 is 0. The lowest BCUT2D eigenvalue weighted by molar-refractivity contribution is -0.151. The number of esters is 1. The number of amides is 3. The molecule has 0 bridgehead atoms. The van der Waals surface area contributed by atoms with Crippen molar-refractivity contribution in [3.8, 4) is 0 Å². The molecule has 1 saturated heterocycles. The SMILES string of the molecule is CNC(=O)c1ccc(NC(=O)COC(=O)[C@H]2CC(=O)N(C3CCCC3)C2)cc1. The van der Waals surface area contributed by atoms with Crippen LogP contribution in [0.15, 0.2) is 24.3 Å². The molecule has 1 aliphatic heterocycles. The van der Waals surface area contributed by atoms with Gasteiger partial charge in [0, 0.05) is 37.3 Å². The molecule has 0 aromatic heterocycles. The highest BCUT2D eigenvalue weighted by atomic mass is 16.5. The van der Waals surface area contributed by atoms with Crippen molar-refractivity contribution in [2.24, 2.45) is 5.92 Å². The van der Waals surface area contributed by atoms with E-state index in [-0.39, 0.29) is 24.3 Å². The number of benzene rings is 1. The summed E-state index contributed by atoms with van der Waals surface area (Å²) < 4.78 is 5.10. The number of carbonyl (C=O) groups excluding carboxylic acids is 4. The number of likely N-dealkylation sites (tertiary alicyclic amines) is 1. The Labute approximate surface area is 163 Å². The monoisotopic (exact) mass is 387 g/mol. The van der Waals surface area contributed by atoms with Crippen LogP contribution in [-0.2, 0) is 19.1 Å². The van der Waals surface area contributed by atoms with E-state index in [2.05, 4.69) is 10.6 Å². The normalized spacial score (nSPS) is 19.5. The molecule has 2 fully saturated rings. The quantitative estimate of drug-likeness (QED) is 0.717. The molecule has 0 radical (unpaired) electrons. The van der Waals surface area contributed by atoms with Gasteiger partial charge in [-0.2, -0.15) is 0 Å². The van der Waals surface area contributed by atoms with Crippen molar-refractivity contribution in [1.82, 2.24) is 10.2 Å². The fraction of sp³-hybridized carbons (Fsp3) is 0.500. The average Bonchev–Trinajstić information content (AvgIpc) is 3.35. The van der Waals surface area contributed by atoms with E-state index in [4.69, 9.17) is 4.74 Å². The smallest absolute Gasteiger partial charge is 0.311 e. The zero-order valence-corrected chi connectivity index (χ0v) is 15.9. The van der Waals surface area contributed by atoms with Gasteiger partial charge >= 0.3 is 5.97 Å². The zero-order chi connectivity index (χ0) is 20.1. The Kier molecular flexibility index (Phi) is 6.28. The van der Waals surface area contributed by atoms with Crippen molar-refractivity contribution in [1.29, 1.82) is 0 Å². The number of rotatable bonds is 6. The standard InChI is InChI=1S/C20H25N3O5/c1-21-19(26)13-6-8-15(9-7-13)22-17(24)12-28-20(27)14-10-18(25)23(11-14)16-4-2-3-5-16/h6-9,14,16H,2-5,10-12H2,1H3,(H,21,26)(H,22,24)/t14-/m0/s1. The highest BCUT2D eigenvalue weighted by Crippen LogP contribution is 2.29. The molecule has 3 rings (SSSR count). The van der Waals surface area contributed by atoms with Crippen LogP contribution in [0.1, 0.15) is 42.5 Å². The molecule has 8 heteroatoms. The number of anilines is 1. The highest BCUT2D eigenvalue weighted by molar-refractivity contribution is 5.96. The van der Waals surface area contributed by atoms with Crippen molar-refractivity contribution >= 4 is 29.4 Å². The fourth-order valence-corrected chi connectivity index (χ4v) is 3.76. The third-order valence-corrected chi connectivity index (χ3v) is 5.26. The van der Waals surface area contributed by atoms with Crippen LogP contribution in [0.25, 0.3) is 0 Å². The summed E-state index contributed by atoms with van der Waals surface area (Å²) in [5, 5.41) is 5.12. The molecule has 1 aromatic rings. The molecule has 1 saturated carbocycles. The minimum absolute atomic E-state index is 0.00509. The van der Waals surface area contributed by atoms with E-state index in [1.807, 2.05) is 0 Å². The molecule has 150 valence electrons. The van der Waals surface area contributed by atoms with Crippen molar-refractivity contribution in [2.45, 2.75) is 38.1 Å². The minimum Gasteiger partial charge on any atom is -0.455 e. The van der Waals surface area contributed by atoms with Gasteiger partial charge < -0.3 is 20.3 Å². The van der Waals surface area contributed by atoms with Crippen LogP contribution in [0, 0.1) is 5.92 Å². The van der Waals surface area contributed by atoms with E-state index in [1.54, 1.807) is 29.2 Å². The average molecular weight is 387 g/mol. The molecule has 2 N–H and O–H groups in total. The third-order valence-electron chi connectivity index (χ3n) is 5.26. The molecule has 3 amide bonds. The van der Waals surface area contributed by atoms with Gasteiger partial charge in [-0.1, -0.05) is 12.8 Å². The van der Waals surface area contributed by atoms with Gasteiger partial charge in [0.25, 0.3) is 11.8 Å². The highest BCUT2D eigenvalue weighted by Gasteiger charge is 2.39. The number of hydrogen-bond donors (Lipinski definition) is 2. The Morgan fingerprint density at radius 2 is 1.82 bits per heavy atom. The molecule has 0 spiro atoms. The summed E-state index contributed by atoms with van der Waals surface area (Å²) in [5.41, 5.74) is 0.974. The molecule has 28 heavy (non-hydrogen) atoms. The number of nitrogens with one attached hydrogen (secondary N) is 2. The maximum Gasteiger partial charge on any atom is 0.311 e. The maximum absolute atomic E-state index is 12.2. The van der Waals surface area contributed by atoms with Crippen LogP contribution < -0.4 is 10.6 Å². The van der Waals surface area contributed by atoms with Crippen LogP contribution in [0.5, 0.6) is 0 Å². The molecule has 1 atom stereocenters. The van der Waals surface area contributed by atoms with Crippen molar-refractivity contribution < 1.29 is 23.9 Å². The predicted molar refractivity (Wildman–Crippen MR) is 101 cm³/mol. The molecule has 1 heterocycles. The van der Waals surface area contributed by atoms with Crippen LogP contribution in [0.3, 0.4) is 0 Å². The Hall–Kier alpha value is -2.90. The van der Waals surface area contributed by atoms with Gasteiger partial charge in [0.2, 0.25) is 5.91 Å². The Balaban J connectivity index is 1.44. The van der Waals surface area contributed by atoms with Gasteiger partial charge in [-0.25, -0.2) is 0 Å². The second-order valence-electron chi connectivity index (χ2n) is 7.20. The van der Waals surface area contributed by atoms with E-state index in [1.165, 1.54) is 7.05 Å². The van der Waals surface area contributed by atoms with Gasteiger partial charge in [-0.3, -0.25) is 19.2 Å². The summed E-state index contributed by atoms with van der Waals surface area (Å²) in [4.78, 5) is 49.7. The molecule has 8 nitrogen and oxygen atoms in total. The van der Waals surface area contributed by atoms with Crippen LogP contribution >= 0.6 is 0 Å². The van der Waals surface area contributed by atoms with Crippen molar-refractivity contribution in [2.75, 3.05) is 25.5 Å². The molecular weight excluding hydrogens is 362 g/mol. The van der Waals surface area contributed by atoms with E-state index in [0.717, 1.165) is 25.7 Å². The Morgan fingerprint density at radius 1 is 1.14 bits per heavy atom. The van der Waals surface area contributed by atoms with Crippen molar-refractivity contribution in [3.05, 3.63) is 29.8 Å². The minimum atomic E-state index is -0.515. The lowest BCUT2D eigenvalue weighted by atomic mass is 10.1. The maximum atomic E-state index is 12.2. The van der Waals surface area contributed by atoms with Gasteiger partial charge in [-0.05, 0) is 37.1 Å². The lowest BCUT2D eigenvalue weighted by Gasteiger charge is -2.23. The summed E-state index contributed by atoms with van der Waals surface area (Å²) in [6.07, 6.45) is 4.38. The number of nitrogens with zero attached hydrogens (tertiary/aromatic N) is 1. The first-order chi connectivity index (χ1) is 13.5. The number of hydrogen-bond acceptors (Lipinski definition) is 5. The first-order valence-corrected chi connectivity index (χ1v) is 9.56. The van der Waals surface area contributed by atoms with Gasteiger partial charge in [0.1, 0.15) is 0 Å². The van der Waals surface area contributed by atoms with Crippen LogP contribution in [-0.4, -0.2) is 54.8 Å². The molecule has 0 unspecified atom stereocenters. The first kappa shape index (κ1) is 19.9. The van der Waals surface area contributed by atoms with Crippen LogP contribution in [0.4, 0.5) is 5.69 Å². The zero-order valence-electron chi connectivity index (χ0n) is 15.9. The first-order valence-electron chi connectivity index (χ1n) is 9.56. The predicted octanol–water partition coefficient (Wildman–Crippen LogP) is 1.32. The topological polar surface area (TPSA) is 105 Å². The van der Waals surface area contributed by atoms with E-state index in [0.29, 0.717) is 17.8 Å². The van der Waals surface area contributed by atoms with Crippen molar-refractivity contribution in [3.63, 3.8) is 0 Å². The molecular formula is C20H25N3O5. The van der Waals surface area contributed by atoms with E-state index < -0.39 is 24.4 Å². The lowest BCUT2D eigenvalue weighted by Crippen LogP contribution is -2.35. The second-order valence-corrected chi connectivity index (χ2v) is 7.20. The van der Waals surface area contributed by atoms with Gasteiger partial charge in [-0.15, -0.1) is 0 Å². The second kappa shape index (κ2) is 8.86. The largest absolute Gasteiger partial charge is 0.455 e. The molecule has 1 aliphatic carbocycles. The summed E-state index contributed by atoms with van der Waals surface area (Å²) in [6, 6.07) is 6.61. The van der Waals surface area contributed by atoms with E-state index >= 15 is 0 Å². The van der Waals surface area contributed by atoms with Gasteiger partial charge in [0.05, 0.1) is 5.92 Å². The third kappa shape index (κ3) is 4.68. The Bertz CT molecular complexity index is 756. The molecule has 2 aliphatic rings. The van der Waals surface area contributed by atoms with E-state index in [9.17, 15) is 19.2 Å². The summed E-state index contributed by atoms with van der Waals surface area (Å²) in [6.45, 7) is -0.0327. The van der Waals surface area contributed by atoms with Gasteiger partial charge in [0.15, 0.2) is 6.61 Å². The van der Waals surface area contributed by atoms with Crippen LogP contribution in [0.2, 0.25) is 0 Å². The number of carbonyl (C=O) groups is 4. The summed E-state index contributed by atoms with van der Waals surface area (Å²) in [5.74, 6) is -1.72. The fourth-order valence-electron chi connectivity index (χ4n) is 3.76. The number of ether oxygens (including phenoxy) is 1.